The Morgan fingerprint density at radius 1 is 1.24 bits per heavy atom. The number of rotatable bonds is 4. The van der Waals surface area contributed by atoms with Gasteiger partial charge in [-0.2, -0.15) is 4.39 Å². The number of ether oxygens (including phenoxy) is 2. The molecule has 0 saturated carbocycles. The van der Waals surface area contributed by atoms with Crippen LogP contribution in [0.1, 0.15) is 31.1 Å². The molecular weight excluding hydrogens is 329 g/mol. The summed E-state index contributed by atoms with van der Waals surface area (Å²) in [6, 6.07) is 5.69. The molecular formula is C17H18FN3O4. The second-order valence-electron chi connectivity index (χ2n) is 6.04. The molecule has 0 aromatic carbocycles. The Balaban J connectivity index is 2.49. The number of nitrogens with zero attached hydrogens (tertiary/aromatic N) is 3. The van der Waals surface area contributed by atoms with Crippen molar-refractivity contribution >= 4 is 23.9 Å². The van der Waals surface area contributed by atoms with E-state index in [9.17, 15) is 14.0 Å². The molecule has 2 aromatic rings. The number of anilines is 2. The summed E-state index contributed by atoms with van der Waals surface area (Å²) in [4.78, 5) is 32.1. The predicted octanol–water partition coefficient (Wildman–Crippen LogP) is 3.51. The van der Waals surface area contributed by atoms with Gasteiger partial charge in [-0.3, -0.25) is 4.79 Å². The van der Waals surface area contributed by atoms with Crippen LogP contribution < -0.4 is 9.64 Å². The maximum Gasteiger partial charge on any atom is 0.420 e. The monoisotopic (exact) mass is 347 g/mol. The second kappa shape index (κ2) is 7.25. The number of amides is 1. The molecule has 0 aliphatic carbocycles. The fourth-order valence-corrected chi connectivity index (χ4v) is 1.91. The minimum Gasteiger partial charge on any atom is -0.481 e. The van der Waals surface area contributed by atoms with Gasteiger partial charge in [0, 0.05) is 6.07 Å². The van der Waals surface area contributed by atoms with Crippen LogP contribution in [0.25, 0.3) is 0 Å². The van der Waals surface area contributed by atoms with E-state index in [2.05, 4.69) is 9.97 Å². The van der Waals surface area contributed by atoms with E-state index in [4.69, 9.17) is 9.47 Å². The van der Waals surface area contributed by atoms with Gasteiger partial charge in [0.25, 0.3) is 0 Å². The largest absolute Gasteiger partial charge is 0.481 e. The average molecular weight is 347 g/mol. The van der Waals surface area contributed by atoms with Crippen LogP contribution in [0.2, 0.25) is 0 Å². The van der Waals surface area contributed by atoms with Gasteiger partial charge in [0.1, 0.15) is 11.4 Å². The van der Waals surface area contributed by atoms with Gasteiger partial charge in [-0.25, -0.2) is 19.7 Å². The van der Waals surface area contributed by atoms with Gasteiger partial charge < -0.3 is 9.47 Å². The number of carbonyl (C=O) groups excluding carboxylic acids is 2. The summed E-state index contributed by atoms with van der Waals surface area (Å²) in [5.74, 6) is -0.671. The quantitative estimate of drug-likeness (QED) is 0.622. The molecule has 2 rings (SSSR count). The van der Waals surface area contributed by atoms with E-state index in [1.807, 2.05) is 0 Å². The first-order valence-corrected chi connectivity index (χ1v) is 7.40. The maximum atomic E-state index is 13.9. The molecule has 0 spiro atoms. The number of pyridine rings is 2. The molecule has 25 heavy (non-hydrogen) atoms. The van der Waals surface area contributed by atoms with Crippen molar-refractivity contribution in [2.75, 3.05) is 12.0 Å². The average Bonchev–Trinajstić information content (AvgIpc) is 2.54. The van der Waals surface area contributed by atoms with Crippen LogP contribution in [0.4, 0.5) is 20.7 Å². The van der Waals surface area contributed by atoms with Crippen LogP contribution in [0.3, 0.4) is 0 Å². The van der Waals surface area contributed by atoms with Crippen molar-refractivity contribution in [2.45, 2.75) is 26.4 Å². The summed E-state index contributed by atoms with van der Waals surface area (Å²) >= 11 is 0. The number of aromatic nitrogens is 2. The summed E-state index contributed by atoms with van der Waals surface area (Å²) in [5.41, 5.74) is -0.669. The van der Waals surface area contributed by atoms with E-state index in [-0.39, 0.29) is 11.4 Å². The number of halogens is 1. The molecule has 2 aromatic heterocycles. The van der Waals surface area contributed by atoms with Crippen molar-refractivity contribution < 1.29 is 23.5 Å². The number of aldehydes is 1. The van der Waals surface area contributed by atoms with Gasteiger partial charge in [-0.15, -0.1) is 0 Å². The third-order valence-corrected chi connectivity index (χ3v) is 2.98. The number of methoxy groups -OCH3 is 1. The molecule has 0 aliphatic heterocycles. The fraction of sp³-hybridized carbons (Fsp3) is 0.294. The molecule has 2 heterocycles. The minimum absolute atomic E-state index is 0.0377. The summed E-state index contributed by atoms with van der Waals surface area (Å²) < 4.78 is 24.2. The lowest BCUT2D eigenvalue weighted by molar-refractivity contribution is 0.0598. The highest BCUT2D eigenvalue weighted by atomic mass is 19.1. The molecule has 0 saturated heterocycles. The van der Waals surface area contributed by atoms with Crippen LogP contribution >= 0.6 is 0 Å². The molecule has 0 aliphatic rings. The molecule has 132 valence electrons. The van der Waals surface area contributed by atoms with Gasteiger partial charge in [0.15, 0.2) is 6.29 Å². The zero-order valence-electron chi connectivity index (χ0n) is 14.3. The van der Waals surface area contributed by atoms with Gasteiger partial charge in [0.05, 0.1) is 24.6 Å². The summed E-state index contributed by atoms with van der Waals surface area (Å²) in [7, 11) is 1.46. The molecule has 0 fully saturated rings. The lowest BCUT2D eigenvalue weighted by atomic mass is 10.2. The van der Waals surface area contributed by atoms with Crippen LogP contribution in [-0.4, -0.2) is 35.1 Å². The molecule has 0 bridgehead atoms. The third-order valence-electron chi connectivity index (χ3n) is 2.98. The van der Waals surface area contributed by atoms with Crippen molar-refractivity contribution in [1.82, 2.24) is 9.97 Å². The number of hydrogen-bond donors (Lipinski definition) is 0. The van der Waals surface area contributed by atoms with Gasteiger partial charge >= 0.3 is 6.09 Å². The topological polar surface area (TPSA) is 81.6 Å². The predicted molar refractivity (Wildman–Crippen MR) is 88.7 cm³/mol. The Morgan fingerprint density at radius 2 is 1.96 bits per heavy atom. The van der Waals surface area contributed by atoms with Gasteiger partial charge in [0.2, 0.25) is 11.8 Å². The molecule has 7 nitrogen and oxygen atoms in total. The van der Waals surface area contributed by atoms with E-state index >= 15 is 0 Å². The standard InChI is InChI=1S/C17H18FN3O4/c1-17(2,3)25-16(23)21(12-6-8-14(24-4)19-9-12)13-7-5-11(10-22)15(18)20-13/h5-10H,1-4H3. The lowest BCUT2D eigenvalue weighted by Crippen LogP contribution is -2.34. The van der Waals surface area contributed by atoms with Crippen LogP contribution in [0, 0.1) is 5.95 Å². The lowest BCUT2D eigenvalue weighted by Gasteiger charge is -2.26. The Hall–Kier alpha value is -3.03. The molecule has 0 atom stereocenters. The normalized spacial score (nSPS) is 10.9. The summed E-state index contributed by atoms with van der Waals surface area (Å²) in [6.45, 7) is 5.12. The van der Waals surface area contributed by atoms with E-state index in [0.29, 0.717) is 17.9 Å². The van der Waals surface area contributed by atoms with E-state index < -0.39 is 17.6 Å². The Labute approximate surface area is 144 Å². The van der Waals surface area contributed by atoms with E-state index in [1.165, 1.54) is 25.4 Å². The van der Waals surface area contributed by atoms with E-state index in [0.717, 1.165) is 4.90 Å². The smallest absolute Gasteiger partial charge is 0.420 e. The van der Waals surface area contributed by atoms with Gasteiger partial charge in [-0.1, -0.05) is 0 Å². The van der Waals surface area contributed by atoms with Crippen molar-refractivity contribution in [1.29, 1.82) is 0 Å². The highest BCUT2D eigenvalue weighted by Gasteiger charge is 2.27. The van der Waals surface area contributed by atoms with Crippen LogP contribution in [0.5, 0.6) is 5.88 Å². The molecule has 0 unspecified atom stereocenters. The second-order valence-corrected chi connectivity index (χ2v) is 6.04. The zero-order valence-corrected chi connectivity index (χ0v) is 14.3. The highest BCUT2D eigenvalue weighted by molar-refractivity contribution is 5.95. The minimum atomic E-state index is -0.984. The van der Waals surface area contributed by atoms with Crippen molar-refractivity contribution in [2.24, 2.45) is 0 Å². The molecule has 0 N–H and O–H groups in total. The number of carbonyl (C=O) groups is 2. The first-order valence-electron chi connectivity index (χ1n) is 7.40. The fourth-order valence-electron chi connectivity index (χ4n) is 1.91. The SMILES string of the molecule is COc1ccc(N(C(=O)OC(C)(C)C)c2ccc(C=O)c(F)n2)cn1. The Morgan fingerprint density at radius 3 is 2.44 bits per heavy atom. The van der Waals surface area contributed by atoms with Crippen molar-refractivity contribution in [3.05, 3.63) is 42.0 Å². The summed E-state index contributed by atoms with van der Waals surface area (Å²) in [5, 5.41) is 0. The molecule has 0 radical (unpaired) electrons. The third kappa shape index (κ3) is 4.50. The summed E-state index contributed by atoms with van der Waals surface area (Å²) in [6.07, 6.45) is 0.958. The zero-order chi connectivity index (χ0) is 18.6. The maximum absolute atomic E-state index is 13.9. The molecule has 1 amide bonds. The first kappa shape index (κ1) is 18.3. The van der Waals surface area contributed by atoms with Crippen LogP contribution in [0.15, 0.2) is 30.5 Å². The molecule has 8 heteroatoms. The Bertz CT molecular complexity index is 772. The van der Waals surface area contributed by atoms with Crippen LogP contribution in [-0.2, 0) is 4.74 Å². The highest BCUT2D eigenvalue weighted by Crippen LogP contribution is 2.27. The van der Waals surface area contributed by atoms with Gasteiger partial charge in [-0.05, 0) is 39.0 Å². The van der Waals surface area contributed by atoms with E-state index in [1.54, 1.807) is 32.9 Å². The van der Waals surface area contributed by atoms with Crippen molar-refractivity contribution in [3.63, 3.8) is 0 Å². The Kier molecular flexibility index (Phi) is 5.31. The first-order chi connectivity index (χ1) is 11.7. The van der Waals surface area contributed by atoms with Crippen molar-refractivity contribution in [3.8, 4) is 5.88 Å². The number of hydrogen-bond acceptors (Lipinski definition) is 6.